The van der Waals surface area contributed by atoms with E-state index in [4.69, 9.17) is 16.3 Å². The van der Waals surface area contributed by atoms with E-state index >= 15 is 0 Å². The summed E-state index contributed by atoms with van der Waals surface area (Å²) in [5, 5.41) is 3.44. The molecule has 0 unspecified atom stereocenters. The molecule has 0 radical (unpaired) electrons. The van der Waals surface area contributed by atoms with Crippen molar-refractivity contribution in [1.82, 2.24) is 5.32 Å². The number of carbonyl (C=O) groups excluding carboxylic acids is 1. The van der Waals surface area contributed by atoms with E-state index in [9.17, 15) is 4.79 Å². The largest absolute Gasteiger partial charge is 0.496 e. The summed E-state index contributed by atoms with van der Waals surface area (Å²) in [7, 11) is 1.61. The van der Waals surface area contributed by atoms with Crippen molar-refractivity contribution in [3.8, 4) is 5.75 Å². The van der Waals surface area contributed by atoms with Crippen LogP contribution >= 0.6 is 34.2 Å². The first-order valence-corrected chi connectivity index (χ1v) is 7.42. The molecule has 0 aromatic heterocycles. The van der Waals surface area contributed by atoms with Crippen LogP contribution in [-0.2, 0) is 6.54 Å². The number of amides is 1. The van der Waals surface area contributed by atoms with Gasteiger partial charge in [-0.1, -0.05) is 29.8 Å². The number of carbonyl (C=O) groups is 1. The van der Waals surface area contributed by atoms with E-state index in [2.05, 4.69) is 27.9 Å². The van der Waals surface area contributed by atoms with E-state index in [-0.39, 0.29) is 5.91 Å². The van der Waals surface area contributed by atoms with Crippen LogP contribution in [0.4, 0.5) is 0 Å². The van der Waals surface area contributed by atoms with Crippen LogP contribution in [-0.4, -0.2) is 13.0 Å². The second-order valence-corrected chi connectivity index (χ2v) is 5.69. The molecule has 2 aromatic rings. The Morgan fingerprint density at radius 2 is 2.05 bits per heavy atom. The fourth-order valence-electron chi connectivity index (χ4n) is 1.76. The molecular formula is C15H13ClINO2. The average Bonchev–Trinajstić information content (AvgIpc) is 2.47. The maximum absolute atomic E-state index is 12.1. The Balaban J connectivity index is 2.06. The number of methoxy groups -OCH3 is 1. The molecule has 0 spiro atoms. The summed E-state index contributed by atoms with van der Waals surface area (Å²) in [5.74, 6) is 0.600. The molecule has 5 heteroatoms. The van der Waals surface area contributed by atoms with Crippen molar-refractivity contribution >= 4 is 40.1 Å². The first-order chi connectivity index (χ1) is 9.61. The summed E-state index contributed by atoms with van der Waals surface area (Å²) in [5.41, 5.74) is 1.48. The van der Waals surface area contributed by atoms with Crippen molar-refractivity contribution in [2.45, 2.75) is 6.54 Å². The average molecular weight is 402 g/mol. The van der Waals surface area contributed by atoms with Crippen LogP contribution in [0.1, 0.15) is 15.9 Å². The number of ether oxygens (including phenoxy) is 1. The van der Waals surface area contributed by atoms with Crippen LogP contribution in [0, 0.1) is 3.57 Å². The van der Waals surface area contributed by atoms with Gasteiger partial charge < -0.3 is 10.1 Å². The molecule has 0 atom stereocenters. The SMILES string of the molecule is COc1ccccc1CNC(=O)c1ccc(I)c(Cl)c1. The van der Waals surface area contributed by atoms with Crippen molar-refractivity contribution < 1.29 is 9.53 Å². The van der Waals surface area contributed by atoms with Crippen LogP contribution < -0.4 is 10.1 Å². The second-order valence-electron chi connectivity index (χ2n) is 4.12. The first-order valence-electron chi connectivity index (χ1n) is 5.97. The Kier molecular flexibility index (Phi) is 5.25. The Labute approximate surface area is 136 Å². The van der Waals surface area contributed by atoms with Crippen molar-refractivity contribution in [3.63, 3.8) is 0 Å². The molecule has 0 aliphatic heterocycles. The predicted molar refractivity (Wildman–Crippen MR) is 88.3 cm³/mol. The van der Waals surface area contributed by atoms with Gasteiger partial charge in [0.2, 0.25) is 0 Å². The number of benzene rings is 2. The number of hydrogen-bond acceptors (Lipinski definition) is 2. The topological polar surface area (TPSA) is 38.3 Å². The quantitative estimate of drug-likeness (QED) is 0.790. The summed E-state index contributed by atoms with van der Waals surface area (Å²) < 4.78 is 6.17. The third kappa shape index (κ3) is 3.64. The standard InChI is InChI=1S/C15H13ClINO2/c1-20-14-5-3-2-4-11(14)9-18-15(19)10-6-7-13(17)12(16)8-10/h2-8H,9H2,1H3,(H,18,19). The lowest BCUT2D eigenvalue weighted by atomic mass is 10.2. The van der Waals surface area contributed by atoms with Crippen LogP contribution in [0.25, 0.3) is 0 Å². The van der Waals surface area contributed by atoms with Gasteiger partial charge in [-0.3, -0.25) is 4.79 Å². The highest BCUT2D eigenvalue weighted by molar-refractivity contribution is 14.1. The van der Waals surface area contributed by atoms with E-state index in [0.29, 0.717) is 17.1 Å². The maximum Gasteiger partial charge on any atom is 0.251 e. The highest BCUT2D eigenvalue weighted by atomic mass is 127. The zero-order chi connectivity index (χ0) is 14.5. The van der Waals surface area contributed by atoms with Gasteiger partial charge in [0.15, 0.2) is 0 Å². The van der Waals surface area contributed by atoms with Gasteiger partial charge in [-0.2, -0.15) is 0 Å². The van der Waals surface area contributed by atoms with E-state index in [1.165, 1.54) is 0 Å². The fourth-order valence-corrected chi connectivity index (χ4v) is 2.28. The van der Waals surface area contributed by atoms with Gasteiger partial charge in [0.1, 0.15) is 5.75 Å². The van der Waals surface area contributed by atoms with E-state index in [1.54, 1.807) is 19.2 Å². The Morgan fingerprint density at radius 1 is 1.30 bits per heavy atom. The summed E-state index contributed by atoms with van der Waals surface area (Å²) in [6, 6.07) is 12.8. The predicted octanol–water partition coefficient (Wildman–Crippen LogP) is 3.88. The van der Waals surface area contributed by atoms with Gasteiger partial charge in [0, 0.05) is 21.2 Å². The van der Waals surface area contributed by atoms with Crippen molar-refractivity contribution in [3.05, 3.63) is 62.2 Å². The molecule has 0 saturated carbocycles. The second kappa shape index (κ2) is 6.95. The van der Waals surface area contributed by atoms with Crippen molar-refractivity contribution in [2.24, 2.45) is 0 Å². The van der Waals surface area contributed by atoms with Crippen LogP contribution in [0.3, 0.4) is 0 Å². The van der Waals surface area contributed by atoms with Gasteiger partial charge in [0.25, 0.3) is 5.91 Å². The molecule has 3 nitrogen and oxygen atoms in total. The van der Waals surface area contributed by atoms with Gasteiger partial charge in [-0.25, -0.2) is 0 Å². The highest BCUT2D eigenvalue weighted by Gasteiger charge is 2.09. The summed E-state index contributed by atoms with van der Waals surface area (Å²) in [6.45, 7) is 0.409. The zero-order valence-electron chi connectivity index (χ0n) is 10.8. The van der Waals surface area contributed by atoms with Crippen LogP contribution in [0.2, 0.25) is 5.02 Å². The maximum atomic E-state index is 12.1. The number of halogens is 2. The first kappa shape index (κ1) is 15.1. The Morgan fingerprint density at radius 3 is 2.75 bits per heavy atom. The minimum Gasteiger partial charge on any atom is -0.496 e. The summed E-state index contributed by atoms with van der Waals surface area (Å²) in [4.78, 5) is 12.1. The normalized spacial score (nSPS) is 10.2. The lowest BCUT2D eigenvalue weighted by Gasteiger charge is -2.10. The molecule has 0 bridgehead atoms. The molecule has 0 saturated heterocycles. The minimum absolute atomic E-state index is 0.158. The fraction of sp³-hybridized carbons (Fsp3) is 0.133. The van der Waals surface area contributed by atoms with Crippen LogP contribution in [0.5, 0.6) is 5.75 Å². The molecule has 0 heterocycles. The smallest absolute Gasteiger partial charge is 0.251 e. The molecule has 2 rings (SSSR count). The number of nitrogens with one attached hydrogen (secondary N) is 1. The number of para-hydroxylation sites is 1. The van der Waals surface area contributed by atoms with E-state index < -0.39 is 0 Å². The van der Waals surface area contributed by atoms with E-state index in [1.807, 2.05) is 30.3 Å². The zero-order valence-corrected chi connectivity index (χ0v) is 13.7. The molecule has 0 aliphatic carbocycles. The molecule has 1 N–H and O–H groups in total. The van der Waals surface area contributed by atoms with Gasteiger partial charge >= 0.3 is 0 Å². The third-order valence-electron chi connectivity index (χ3n) is 2.81. The summed E-state index contributed by atoms with van der Waals surface area (Å²) >= 11 is 8.14. The van der Waals surface area contributed by atoms with Gasteiger partial charge in [-0.05, 0) is 46.9 Å². The highest BCUT2D eigenvalue weighted by Crippen LogP contribution is 2.20. The molecule has 0 aliphatic rings. The molecule has 2 aromatic carbocycles. The van der Waals surface area contributed by atoms with Crippen molar-refractivity contribution in [2.75, 3.05) is 7.11 Å². The third-order valence-corrected chi connectivity index (χ3v) is 4.39. The molecule has 20 heavy (non-hydrogen) atoms. The Hall–Kier alpha value is -1.27. The number of hydrogen-bond donors (Lipinski definition) is 1. The van der Waals surface area contributed by atoms with Gasteiger partial charge in [-0.15, -0.1) is 0 Å². The lowest BCUT2D eigenvalue weighted by molar-refractivity contribution is 0.0950. The molecule has 0 fully saturated rings. The Bertz CT molecular complexity index is 631. The monoisotopic (exact) mass is 401 g/mol. The number of rotatable bonds is 4. The molecule has 1 amide bonds. The summed E-state index contributed by atoms with van der Waals surface area (Å²) in [6.07, 6.45) is 0. The van der Waals surface area contributed by atoms with E-state index in [0.717, 1.165) is 14.9 Å². The van der Waals surface area contributed by atoms with Gasteiger partial charge in [0.05, 0.1) is 12.1 Å². The molecule has 104 valence electrons. The van der Waals surface area contributed by atoms with Crippen LogP contribution in [0.15, 0.2) is 42.5 Å². The molecular weight excluding hydrogens is 389 g/mol. The lowest BCUT2D eigenvalue weighted by Crippen LogP contribution is -2.23. The minimum atomic E-state index is -0.158. The van der Waals surface area contributed by atoms with Crippen molar-refractivity contribution in [1.29, 1.82) is 0 Å².